The van der Waals surface area contributed by atoms with E-state index in [0.29, 0.717) is 37.6 Å². The van der Waals surface area contributed by atoms with Gasteiger partial charge in [0.2, 0.25) is 5.91 Å². The molecule has 0 unspecified atom stereocenters. The molecule has 1 saturated carbocycles. The lowest BCUT2D eigenvalue weighted by Crippen LogP contribution is -2.51. The van der Waals surface area contributed by atoms with Gasteiger partial charge in [0.05, 0.1) is 6.33 Å². The lowest BCUT2D eigenvalue weighted by Gasteiger charge is -2.36. The van der Waals surface area contributed by atoms with Gasteiger partial charge in [0.1, 0.15) is 0 Å². The maximum atomic E-state index is 12.7. The third kappa shape index (κ3) is 3.36. The van der Waals surface area contributed by atoms with E-state index in [1.54, 1.807) is 12.5 Å². The lowest BCUT2D eigenvalue weighted by atomic mass is 10.1. The highest BCUT2D eigenvalue weighted by atomic mass is 16.2. The molecule has 2 fully saturated rings. The SMILES string of the molecule is O=C(c1ccc(-n2ccnc2)cc1)N1CCN(C(=O)C2CCCC2)CC1. The van der Waals surface area contributed by atoms with Crippen molar-refractivity contribution >= 4 is 11.8 Å². The van der Waals surface area contributed by atoms with E-state index in [1.165, 1.54) is 12.8 Å². The third-order valence-electron chi connectivity index (χ3n) is 5.50. The van der Waals surface area contributed by atoms with Gasteiger partial charge in [-0.05, 0) is 37.1 Å². The van der Waals surface area contributed by atoms with Crippen LogP contribution in [-0.4, -0.2) is 57.3 Å². The van der Waals surface area contributed by atoms with Crippen LogP contribution in [0.5, 0.6) is 0 Å². The van der Waals surface area contributed by atoms with E-state index in [0.717, 1.165) is 18.5 Å². The number of carbonyl (C=O) groups is 2. The first-order valence-corrected chi connectivity index (χ1v) is 9.39. The Hall–Kier alpha value is -2.63. The molecule has 0 bridgehead atoms. The molecule has 6 nitrogen and oxygen atoms in total. The highest BCUT2D eigenvalue weighted by Crippen LogP contribution is 2.27. The second-order valence-electron chi connectivity index (χ2n) is 7.12. The summed E-state index contributed by atoms with van der Waals surface area (Å²) in [4.78, 5) is 33.1. The fourth-order valence-corrected chi connectivity index (χ4v) is 3.93. The van der Waals surface area contributed by atoms with E-state index in [4.69, 9.17) is 0 Å². The number of nitrogens with zero attached hydrogens (tertiary/aromatic N) is 4. The predicted molar refractivity (Wildman–Crippen MR) is 98.0 cm³/mol. The maximum absolute atomic E-state index is 12.7. The number of hydrogen-bond acceptors (Lipinski definition) is 3. The highest BCUT2D eigenvalue weighted by molar-refractivity contribution is 5.94. The zero-order chi connectivity index (χ0) is 17.9. The average Bonchev–Trinajstić information content (AvgIpc) is 3.41. The molecule has 1 aliphatic carbocycles. The molecule has 4 rings (SSSR count). The van der Waals surface area contributed by atoms with E-state index in [-0.39, 0.29) is 11.8 Å². The number of aromatic nitrogens is 2. The second-order valence-corrected chi connectivity index (χ2v) is 7.12. The molecule has 2 heterocycles. The molecule has 1 aliphatic heterocycles. The molecular weight excluding hydrogens is 328 g/mol. The lowest BCUT2D eigenvalue weighted by molar-refractivity contribution is -0.136. The fraction of sp³-hybridized carbons (Fsp3) is 0.450. The summed E-state index contributed by atoms with van der Waals surface area (Å²) in [5.41, 5.74) is 1.66. The molecular formula is C20H24N4O2. The van der Waals surface area contributed by atoms with Crippen molar-refractivity contribution in [1.82, 2.24) is 19.4 Å². The topological polar surface area (TPSA) is 58.4 Å². The molecule has 0 radical (unpaired) electrons. The smallest absolute Gasteiger partial charge is 0.253 e. The number of imidazole rings is 1. The van der Waals surface area contributed by atoms with Crippen LogP contribution in [0, 0.1) is 5.92 Å². The van der Waals surface area contributed by atoms with Crippen LogP contribution in [0.4, 0.5) is 0 Å². The number of rotatable bonds is 3. The van der Waals surface area contributed by atoms with Crippen molar-refractivity contribution in [3.8, 4) is 5.69 Å². The Balaban J connectivity index is 1.35. The van der Waals surface area contributed by atoms with E-state index >= 15 is 0 Å². The third-order valence-corrected chi connectivity index (χ3v) is 5.50. The number of hydrogen-bond donors (Lipinski definition) is 0. The maximum Gasteiger partial charge on any atom is 0.253 e. The Morgan fingerprint density at radius 3 is 2.19 bits per heavy atom. The van der Waals surface area contributed by atoms with Crippen LogP contribution in [0.25, 0.3) is 5.69 Å². The first-order valence-electron chi connectivity index (χ1n) is 9.39. The normalized spacial score (nSPS) is 18.3. The zero-order valence-corrected chi connectivity index (χ0v) is 14.9. The van der Waals surface area contributed by atoms with Crippen molar-refractivity contribution in [2.24, 2.45) is 5.92 Å². The van der Waals surface area contributed by atoms with Gasteiger partial charge in [-0.3, -0.25) is 9.59 Å². The Morgan fingerprint density at radius 1 is 0.923 bits per heavy atom. The zero-order valence-electron chi connectivity index (χ0n) is 14.9. The largest absolute Gasteiger partial charge is 0.339 e. The molecule has 0 spiro atoms. The van der Waals surface area contributed by atoms with Gasteiger partial charge < -0.3 is 14.4 Å². The summed E-state index contributed by atoms with van der Waals surface area (Å²) in [5.74, 6) is 0.544. The minimum atomic E-state index is 0.0372. The van der Waals surface area contributed by atoms with Crippen LogP contribution in [0.1, 0.15) is 36.0 Å². The van der Waals surface area contributed by atoms with Crippen molar-refractivity contribution in [3.05, 3.63) is 48.5 Å². The Morgan fingerprint density at radius 2 is 1.58 bits per heavy atom. The monoisotopic (exact) mass is 352 g/mol. The van der Waals surface area contributed by atoms with E-state index < -0.39 is 0 Å². The van der Waals surface area contributed by atoms with Gasteiger partial charge in [-0.1, -0.05) is 12.8 Å². The average molecular weight is 352 g/mol. The highest BCUT2D eigenvalue weighted by Gasteiger charge is 2.30. The van der Waals surface area contributed by atoms with Gasteiger partial charge in [0.25, 0.3) is 5.91 Å². The van der Waals surface area contributed by atoms with Crippen molar-refractivity contribution in [3.63, 3.8) is 0 Å². The molecule has 26 heavy (non-hydrogen) atoms. The van der Waals surface area contributed by atoms with Gasteiger partial charge in [-0.2, -0.15) is 0 Å². The van der Waals surface area contributed by atoms with Gasteiger partial charge in [-0.25, -0.2) is 4.98 Å². The Kier molecular flexibility index (Phi) is 4.73. The van der Waals surface area contributed by atoms with Crippen LogP contribution >= 0.6 is 0 Å². The summed E-state index contributed by atoms with van der Waals surface area (Å²) >= 11 is 0. The minimum Gasteiger partial charge on any atom is -0.339 e. The Bertz CT molecular complexity index is 756. The molecule has 0 N–H and O–H groups in total. The van der Waals surface area contributed by atoms with Crippen LogP contribution < -0.4 is 0 Å². The first-order chi connectivity index (χ1) is 12.7. The van der Waals surface area contributed by atoms with Crippen molar-refractivity contribution in [2.75, 3.05) is 26.2 Å². The van der Waals surface area contributed by atoms with Crippen LogP contribution in [0.2, 0.25) is 0 Å². The van der Waals surface area contributed by atoms with Crippen LogP contribution in [-0.2, 0) is 4.79 Å². The van der Waals surface area contributed by atoms with Crippen LogP contribution in [0.3, 0.4) is 0 Å². The summed E-state index contributed by atoms with van der Waals surface area (Å²) in [6, 6.07) is 7.56. The van der Waals surface area contributed by atoms with Crippen molar-refractivity contribution < 1.29 is 9.59 Å². The van der Waals surface area contributed by atoms with Crippen molar-refractivity contribution in [2.45, 2.75) is 25.7 Å². The van der Waals surface area contributed by atoms with E-state index in [1.807, 2.05) is 44.8 Å². The molecule has 6 heteroatoms. The number of amides is 2. The predicted octanol–water partition coefficient (Wildman–Crippen LogP) is 2.35. The number of benzene rings is 1. The minimum absolute atomic E-state index is 0.0372. The van der Waals surface area contributed by atoms with Gasteiger partial charge in [-0.15, -0.1) is 0 Å². The first kappa shape index (κ1) is 16.8. The van der Waals surface area contributed by atoms with Crippen LogP contribution in [0.15, 0.2) is 43.0 Å². The number of carbonyl (C=O) groups excluding carboxylic acids is 2. The summed E-state index contributed by atoms with van der Waals surface area (Å²) < 4.78 is 1.90. The van der Waals surface area contributed by atoms with Gasteiger partial charge in [0.15, 0.2) is 0 Å². The summed E-state index contributed by atoms with van der Waals surface area (Å²) in [7, 11) is 0. The number of piperazine rings is 1. The summed E-state index contributed by atoms with van der Waals surface area (Å²) in [6.45, 7) is 2.52. The summed E-state index contributed by atoms with van der Waals surface area (Å²) in [5, 5.41) is 0. The van der Waals surface area contributed by atoms with Gasteiger partial charge in [0, 0.05) is 55.7 Å². The molecule has 2 aliphatic rings. The quantitative estimate of drug-likeness (QED) is 0.852. The molecule has 1 aromatic heterocycles. The summed E-state index contributed by atoms with van der Waals surface area (Å²) in [6.07, 6.45) is 9.73. The fourth-order valence-electron chi connectivity index (χ4n) is 3.93. The van der Waals surface area contributed by atoms with E-state index in [2.05, 4.69) is 4.98 Å². The molecule has 2 amide bonds. The Labute approximate surface area is 153 Å². The molecule has 0 atom stereocenters. The van der Waals surface area contributed by atoms with E-state index in [9.17, 15) is 9.59 Å². The van der Waals surface area contributed by atoms with Crippen molar-refractivity contribution in [1.29, 1.82) is 0 Å². The molecule has 2 aromatic rings. The standard InChI is InChI=1S/C20H24N4O2/c25-19(16-3-1-2-4-16)22-11-13-23(14-12-22)20(26)17-5-7-18(8-6-17)24-10-9-21-15-24/h5-10,15-16H,1-4,11-14H2. The molecule has 1 aromatic carbocycles. The molecule has 1 saturated heterocycles. The molecule has 136 valence electrons. The second kappa shape index (κ2) is 7.32. The van der Waals surface area contributed by atoms with Gasteiger partial charge >= 0.3 is 0 Å².